The highest BCUT2D eigenvalue weighted by atomic mass is 16.3. The molecule has 114 valence electrons. The number of carbonyl (C=O) groups is 1. The van der Waals surface area contributed by atoms with Crippen molar-refractivity contribution in [1.29, 1.82) is 0 Å². The van der Waals surface area contributed by atoms with Crippen LogP contribution < -0.4 is 0 Å². The van der Waals surface area contributed by atoms with Gasteiger partial charge in [-0.25, -0.2) is 0 Å². The van der Waals surface area contributed by atoms with Crippen LogP contribution >= 0.6 is 0 Å². The van der Waals surface area contributed by atoms with Crippen molar-refractivity contribution < 1.29 is 14.3 Å². The van der Waals surface area contributed by atoms with Crippen molar-refractivity contribution in [3.8, 4) is 0 Å². The number of benzene rings is 2. The van der Waals surface area contributed by atoms with Gasteiger partial charge in [0.25, 0.3) is 5.78 Å². The maximum atomic E-state index is 12.3. The fraction of sp³-hybridized carbons (Fsp3) is 0.0556. The van der Waals surface area contributed by atoms with Crippen LogP contribution in [0.4, 0.5) is 5.69 Å². The van der Waals surface area contributed by atoms with Gasteiger partial charge in [-0.05, 0) is 31.2 Å². The molecule has 0 saturated carbocycles. The topological polar surface area (TPSA) is 75.2 Å². The number of hydrogen-bond acceptors (Lipinski definition) is 5. The number of aryl methyl sites for hydroxylation is 1. The van der Waals surface area contributed by atoms with Crippen LogP contribution in [0.2, 0.25) is 0 Å². The van der Waals surface area contributed by atoms with Crippen molar-refractivity contribution in [1.82, 2.24) is 0 Å². The third kappa shape index (κ3) is 3.18. The summed E-state index contributed by atoms with van der Waals surface area (Å²) in [6.45, 7) is 1.96. The van der Waals surface area contributed by atoms with E-state index in [1.165, 1.54) is 0 Å². The summed E-state index contributed by atoms with van der Waals surface area (Å²) >= 11 is 0. The number of carbonyl (C=O) groups excluding carboxylic acids is 1. The summed E-state index contributed by atoms with van der Waals surface area (Å²) in [5.74, 6) is -0.422. The summed E-state index contributed by atoms with van der Waals surface area (Å²) in [5.41, 5.74) is 2.10. The number of ketones is 1. The molecule has 0 aliphatic rings. The molecule has 0 radical (unpaired) electrons. The first-order valence-corrected chi connectivity index (χ1v) is 7.03. The number of aliphatic hydroxyl groups excluding tert-OH is 1. The SMILES string of the molecule is Cc1ccc(N=NC(=CO)C(=O)c2cc3ccccc3o2)cc1. The average molecular weight is 306 g/mol. The second-order valence-electron chi connectivity index (χ2n) is 5.03. The van der Waals surface area contributed by atoms with E-state index in [1.54, 1.807) is 24.3 Å². The molecule has 0 aliphatic heterocycles. The predicted molar refractivity (Wildman–Crippen MR) is 87.0 cm³/mol. The largest absolute Gasteiger partial charge is 0.513 e. The minimum Gasteiger partial charge on any atom is -0.513 e. The maximum Gasteiger partial charge on any atom is 0.251 e. The van der Waals surface area contributed by atoms with Gasteiger partial charge in [-0.1, -0.05) is 35.9 Å². The number of aliphatic hydroxyl groups is 1. The molecule has 1 heterocycles. The van der Waals surface area contributed by atoms with Crippen LogP contribution in [0.1, 0.15) is 16.1 Å². The van der Waals surface area contributed by atoms with Gasteiger partial charge in [0.1, 0.15) is 11.8 Å². The van der Waals surface area contributed by atoms with E-state index in [0.29, 0.717) is 17.5 Å². The Morgan fingerprint density at radius 1 is 1.13 bits per heavy atom. The molecule has 0 fully saturated rings. The Balaban J connectivity index is 1.85. The molecule has 2 aromatic carbocycles. The van der Waals surface area contributed by atoms with Crippen molar-refractivity contribution in [2.24, 2.45) is 10.2 Å². The van der Waals surface area contributed by atoms with Crippen molar-refractivity contribution in [3.05, 3.63) is 77.9 Å². The summed E-state index contributed by atoms with van der Waals surface area (Å²) in [7, 11) is 0. The van der Waals surface area contributed by atoms with Gasteiger partial charge in [0, 0.05) is 5.39 Å². The number of nitrogens with zero attached hydrogens (tertiary/aromatic N) is 2. The molecule has 0 bridgehead atoms. The van der Waals surface area contributed by atoms with Crippen LogP contribution in [0.5, 0.6) is 0 Å². The zero-order chi connectivity index (χ0) is 16.2. The normalized spacial score (nSPS) is 12.1. The highest BCUT2D eigenvalue weighted by Gasteiger charge is 2.17. The summed E-state index contributed by atoms with van der Waals surface area (Å²) < 4.78 is 5.48. The molecule has 0 aliphatic carbocycles. The average Bonchev–Trinajstić information content (AvgIpc) is 3.01. The van der Waals surface area contributed by atoms with Crippen molar-refractivity contribution in [2.45, 2.75) is 6.92 Å². The van der Waals surface area contributed by atoms with E-state index in [1.807, 2.05) is 37.3 Å². The third-order valence-electron chi connectivity index (χ3n) is 3.31. The number of rotatable bonds is 4. The molecule has 0 saturated heterocycles. The fourth-order valence-corrected chi connectivity index (χ4v) is 2.07. The van der Waals surface area contributed by atoms with E-state index in [-0.39, 0.29) is 11.5 Å². The van der Waals surface area contributed by atoms with Gasteiger partial charge in [-0.2, -0.15) is 5.11 Å². The Hall–Kier alpha value is -3.21. The zero-order valence-electron chi connectivity index (χ0n) is 12.4. The van der Waals surface area contributed by atoms with Crippen LogP contribution in [0.3, 0.4) is 0 Å². The van der Waals surface area contributed by atoms with Gasteiger partial charge in [0.2, 0.25) is 0 Å². The highest BCUT2D eigenvalue weighted by molar-refractivity contribution is 6.08. The molecule has 0 unspecified atom stereocenters. The first-order valence-electron chi connectivity index (χ1n) is 7.03. The first kappa shape index (κ1) is 14.7. The van der Waals surface area contributed by atoms with E-state index < -0.39 is 5.78 Å². The summed E-state index contributed by atoms with van der Waals surface area (Å²) in [6, 6.07) is 16.2. The Kier molecular flexibility index (Phi) is 4.01. The van der Waals surface area contributed by atoms with Gasteiger partial charge in [0.15, 0.2) is 11.5 Å². The lowest BCUT2D eigenvalue weighted by Crippen LogP contribution is -1.99. The zero-order valence-corrected chi connectivity index (χ0v) is 12.4. The van der Waals surface area contributed by atoms with Crippen LogP contribution in [-0.4, -0.2) is 10.9 Å². The van der Waals surface area contributed by atoms with E-state index in [4.69, 9.17) is 4.42 Å². The third-order valence-corrected chi connectivity index (χ3v) is 3.31. The quantitative estimate of drug-likeness (QED) is 0.315. The van der Waals surface area contributed by atoms with E-state index in [9.17, 15) is 9.90 Å². The molecular weight excluding hydrogens is 292 g/mol. The molecule has 3 aromatic rings. The number of Topliss-reactive ketones (excluding diaryl/α,β-unsaturated/α-hetero) is 1. The van der Waals surface area contributed by atoms with Crippen molar-refractivity contribution in [3.63, 3.8) is 0 Å². The molecular formula is C18H14N2O3. The monoisotopic (exact) mass is 306 g/mol. The van der Waals surface area contributed by atoms with Crippen LogP contribution in [0.15, 0.2) is 81.2 Å². The number of hydrogen-bond donors (Lipinski definition) is 1. The Morgan fingerprint density at radius 2 is 1.87 bits per heavy atom. The molecule has 1 aromatic heterocycles. The lowest BCUT2D eigenvalue weighted by molar-refractivity contribution is 0.100. The molecule has 23 heavy (non-hydrogen) atoms. The number of para-hydroxylation sites is 1. The number of allylic oxidation sites excluding steroid dienone is 1. The van der Waals surface area contributed by atoms with E-state index >= 15 is 0 Å². The van der Waals surface area contributed by atoms with Gasteiger partial charge in [0.05, 0.1) is 5.69 Å². The van der Waals surface area contributed by atoms with Crippen LogP contribution in [0.25, 0.3) is 11.0 Å². The Bertz CT molecular complexity index is 872. The second kappa shape index (κ2) is 6.27. The standard InChI is InChI=1S/C18H14N2O3/c1-12-6-8-14(9-7-12)19-20-15(11-21)18(22)17-10-13-4-2-3-5-16(13)23-17/h2-11,21H,1H3. The highest BCUT2D eigenvalue weighted by Crippen LogP contribution is 2.22. The second-order valence-corrected chi connectivity index (χ2v) is 5.03. The molecule has 5 heteroatoms. The van der Waals surface area contributed by atoms with Crippen LogP contribution in [-0.2, 0) is 0 Å². The molecule has 0 amide bonds. The molecule has 3 rings (SSSR count). The lowest BCUT2D eigenvalue weighted by Gasteiger charge is -1.96. The Labute approximate surface area is 132 Å². The maximum absolute atomic E-state index is 12.3. The predicted octanol–water partition coefficient (Wildman–Crippen LogP) is 5.11. The Morgan fingerprint density at radius 3 is 2.57 bits per heavy atom. The number of furan rings is 1. The van der Waals surface area contributed by atoms with Crippen molar-refractivity contribution in [2.75, 3.05) is 0 Å². The van der Waals surface area contributed by atoms with E-state index in [2.05, 4.69) is 10.2 Å². The molecule has 5 nitrogen and oxygen atoms in total. The lowest BCUT2D eigenvalue weighted by atomic mass is 10.2. The summed E-state index contributed by atoms with van der Waals surface area (Å²) in [5, 5.41) is 17.9. The van der Waals surface area contributed by atoms with Gasteiger partial charge >= 0.3 is 0 Å². The molecule has 0 spiro atoms. The summed E-state index contributed by atoms with van der Waals surface area (Å²) in [6.07, 6.45) is 0.632. The van der Waals surface area contributed by atoms with E-state index in [0.717, 1.165) is 10.9 Å². The van der Waals surface area contributed by atoms with Crippen LogP contribution in [0, 0.1) is 6.92 Å². The van der Waals surface area contributed by atoms with Gasteiger partial charge < -0.3 is 9.52 Å². The summed E-state index contributed by atoms with van der Waals surface area (Å²) in [4.78, 5) is 12.3. The van der Waals surface area contributed by atoms with Gasteiger partial charge in [-0.3, -0.25) is 4.79 Å². The number of fused-ring (bicyclic) bond motifs is 1. The van der Waals surface area contributed by atoms with Gasteiger partial charge in [-0.15, -0.1) is 5.11 Å². The number of azo groups is 1. The first-order chi connectivity index (χ1) is 11.2. The minimum atomic E-state index is -0.528. The molecule has 1 N–H and O–H groups in total. The van der Waals surface area contributed by atoms with Crippen molar-refractivity contribution >= 4 is 22.4 Å². The fourth-order valence-electron chi connectivity index (χ4n) is 2.07. The molecule has 0 atom stereocenters. The minimum absolute atomic E-state index is 0.106. The smallest absolute Gasteiger partial charge is 0.251 e.